The standard InChI is InChI=1S/C18H23Cl2N3O/c1-5-7-15-17(18(24)21-11(3)4)16(6-2)23(22-15)12-8-9-13(19)14(20)10-12/h8-11H,5-7H2,1-4H3,(H,21,24). The van der Waals surface area contributed by atoms with Crippen molar-refractivity contribution in [2.45, 2.75) is 53.0 Å². The van der Waals surface area contributed by atoms with E-state index in [4.69, 9.17) is 28.3 Å². The first-order valence-electron chi connectivity index (χ1n) is 8.26. The van der Waals surface area contributed by atoms with E-state index in [1.807, 2.05) is 31.5 Å². The zero-order valence-electron chi connectivity index (χ0n) is 14.5. The van der Waals surface area contributed by atoms with Gasteiger partial charge in [0.2, 0.25) is 0 Å². The minimum atomic E-state index is -0.0726. The van der Waals surface area contributed by atoms with Gasteiger partial charge in [-0.2, -0.15) is 5.10 Å². The molecular weight excluding hydrogens is 345 g/mol. The molecule has 1 N–H and O–H groups in total. The number of rotatable bonds is 6. The number of nitrogens with one attached hydrogen (secondary N) is 1. The molecule has 0 unspecified atom stereocenters. The Morgan fingerprint density at radius 2 is 1.96 bits per heavy atom. The van der Waals surface area contributed by atoms with Crippen LogP contribution in [0.5, 0.6) is 0 Å². The fraction of sp³-hybridized carbons (Fsp3) is 0.444. The highest BCUT2D eigenvalue weighted by atomic mass is 35.5. The minimum Gasteiger partial charge on any atom is -0.350 e. The van der Waals surface area contributed by atoms with E-state index < -0.39 is 0 Å². The number of hydrogen-bond acceptors (Lipinski definition) is 2. The molecule has 1 heterocycles. The maximum Gasteiger partial charge on any atom is 0.255 e. The quantitative estimate of drug-likeness (QED) is 0.794. The summed E-state index contributed by atoms with van der Waals surface area (Å²) < 4.78 is 1.81. The molecule has 1 amide bonds. The van der Waals surface area contributed by atoms with E-state index in [1.165, 1.54) is 0 Å². The van der Waals surface area contributed by atoms with Crippen molar-refractivity contribution in [3.8, 4) is 5.69 Å². The second-order valence-electron chi connectivity index (χ2n) is 6.01. The number of carbonyl (C=O) groups excluding carboxylic acids is 1. The number of hydrogen-bond donors (Lipinski definition) is 1. The third-order valence-electron chi connectivity index (χ3n) is 3.67. The Hall–Kier alpha value is -1.52. The van der Waals surface area contributed by atoms with Crippen LogP contribution in [0.1, 0.15) is 55.9 Å². The Labute approximate surface area is 153 Å². The molecule has 0 spiro atoms. The smallest absolute Gasteiger partial charge is 0.255 e. The van der Waals surface area contributed by atoms with Crippen LogP contribution in [0.15, 0.2) is 18.2 Å². The van der Waals surface area contributed by atoms with E-state index in [1.54, 1.807) is 12.1 Å². The molecule has 1 aromatic carbocycles. The van der Waals surface area contributed by atoms with Crippen LogP contribution in [0.4, 0.5) is 0 Å². The molecule has 0 bridgehead atoms. The zero-order valence-corrected chi connectivity index (χ0v) is 16.0. The van der Waals surface area contributed by atoms with Crippen LogP contribution in [0, 0.1) is 0 Å². The number of halogens is 2. The van der Waals surface area contributed by atoms with Gasteiger partial charge in [0.05, 0.1) is 32.7 Å². The fourth-order valence-corrected chi connectivity index (χ4v) is 2.96. The van der Waals surface area contributed by atoms with Crippen LogP contribution in [0.25, 0.3) is 5.69 Å². The second-order valence-corrected chi connectivity index (χ2v) is 6.82. The maximum atomic E-state index is 12.7. The van der Waals surface area contributed by atoms with Crippen LogP contribution in [-0.4, -0.2) is 21.7 Å². The summed E-state index contributed by atoms with van der Waals surface area (Å²) in [5.74, 6) is -0.0726. The lowest BCUT2D eigenvalue weighted by Gasteiger charge is -2.11. The van der Waals surface area contributed by atoms with E-state index in [0.29, 0.717) is 22.0 Å². The van der Waals surface area contributed by atoms with Gasteiger partial charge in [-0.05, 0) is 44.9 Å². The number of aryl methyl sites for hydroxylation is 1. The Balaban J connectivity index is 2.60. The highest BCUT2D eigenvalue weighted by molar-refractivity contribution is 6.42. The molecule has 6 heteroatoms. The van der Waals surface area contributed by atoms with Crippen molar-refractivity contribution in [3.63, 3.8) is 0 Å². The average molecular weight is 368 g/mol. The summed E-state index contributed by atoms with van der Waals surface area (Å²) in [6, 6.07) is 5.45. The van der Waals surface area contributed by atoms with Crippen molar-refractivity contribution in [3.05, 3.63) is 45.2 Å². The largest absolute Gasteiger partial charge is 0.350 e. The van der Waals surface area contributed by atoms with Gasteiger partial charge < -0.3 is 5.32 Å². The fourth-order valence-electron chi connectivity index (χ4n) is 2.67. The summed E-state index contributed by atoms with van der Waals surface area (Å²) in [6.45, 7) is 8.00. The summed E-state index contributed by atoms with van der Waals surface area (Å²) >= 11 is 12.2. The summed E-state index contributed by atoms with van der Waals surface area (Å²) in [6.07, 6.45) is 2.36. The third-order valence-corrected chi connectivity index (χ3v) is 4.41. The summed E-state index contributed by atoms with van der Waals surface area (Å²) in [5, 5.41) is 8.64. The Kier molecular flexibility index (Phi) is 6.30. The first kappa shape index (κ1) is 18.8. The van der Waals surface area contributed by atoms with Crippen LogP contribution < -0.4 is 5.32 Å². The lowest BCUT2D eigenvalue weighted by Crippen LogP contribution is -2.31. The normalized spacial score (nSPS) is 11.1. The van der Waals surface area contributed by atoms with Crippen molar-refractivity contribution in [2.75, 3.05) is 0 Å². The van der Waals surface area contributed by atoms with Crippen molar-refractivity contribution >= 4 is 29.1 Å². The molecule has 0 radical (unpaired) electrons. The molecule has 1 aromatic heterocycles. The molecule has 130 valence electrons. The molecule has 0 aliphatic heterocycles. The number of aromatic nitrogens is 2. The average Bonchev–Trinajstić information content (AvgIpc) is 2.88. The molecule has 24 heavy (non-hydrogen) atoms. The summed E-state index contributed by atoms with van der Waals surface area (Å²) in [4.78, 5) is 12.7. The maximum absolute atomic E-state index is 12.7. The Morgan fingerprint density at radius 1 is 1.25 bits per heavy atom. The molecule has 0 aliphatic carbocycles. The first-order chi connectivity index (χ1) is 11.4. The lowest BCUT2D eigenvalue weighted by molar-refractivity contribution is 0.0941. The van der Waals surface area contributed by atoms with Crippen LogP contribution in [-0.2, 0) is 12.8 Å². The molecule has 0 aliphatic rings. The molecule has 2 rings (SSSR count). The molecule has 0 fully saturated rings. The molecule has 0 saturated heterocycles. The molecule has 2 aromatic rings. The van der Waals surface area contributed by atoms with Gasteiger partial charge in [0.1, 0.15) is 0 Å². The van der Waals surface area contributed by atoms with E-state index in [2.05, 4.69) is 12.2 Å². The monoisotopic (exact) mass is 367 g/mol. The second kappa shape index (κ2) is 8.04. The Morgan fingerprint density at radius 3 is 2.50 bits per heavy atom. The van der Waals surface area contributed by atoms with Gasteiger partial charge in [0.15, 0.2) is 0 Å². The van der Waals surface area contributed by atoms with E-state index in [0.717, 1.165) is 29.9 Å². The highest BCUT2D eigenvalue weighted by Crippen LogP contribution is 2.27. The van der Waals surface area contributed by atoms with Crippen molar-refractivity contribution in [1.82, 2.24) is 15.1 Å². The van der Waals surface area contributed by atoms with Gasteiger partial charge in [-0.25, -0.2) is 4.68 Å². The van der Waals surface area contributed by atoms with Gasteiger partial charge in [-0.3, -0.25) is 4.79 Å². The van der Waals surface area contributed by atoms with Crippen molar-refractivity contribution in [1.29, 1.82) is 0 Å². The van der Waals surface area contributed by atoms with Crippen LogP contribution in [0.2, 0.25) is 10.0 Å². The van der Waals surface area contributed by atoms with E-state index in [9.17, 15) is 4.79 Å². The zero-order chi connectivity index (χ0) is 17.9. The van der Waals surface area contributed by atoms with E-state index >= 15 is 0 Å². The van der Waals surface area contributed by atoms with Crippen LogP contribution in [0.3, 0.4) is 0 Å². The van der Waals surface area contributed by atoms with Crippen LogP contribution >= 0.6 is 23.2 Å². The highest BCUT2D eigenvalue weighted by Gasteiger charge is 2.23. The van der Waals surface area contributed by atoms with Gasteiger partial charge >= 0.3 is 0 Å². The SMILES string of the molecule is CCCc1nn(-c2ccc(Cl)c(Cl)c2)c(CC)c1C(=O)NC(C)C. The van der Waals surface area contributed by atoms with Crippen molar-refractivity contribution in [2.24, 2.45) is 0 Å². The predicted molar refractivity (Wildman–Crippen MR) is 99.6 cm³/mol. The van der Waals surface area contributed by atoms with Gasteiger partial charge in [0.25, 0.3) is 5.91 Å². The molecule has 4 nitrogen and oxygen atoms in total. The summed E-state index contributed by atoms with van der Waals surface area (Å²) in [5.41, 5.74) is 3.19. The number of nitrogens with zero attached hydrogens (tertiary/aromatic N) is 2. The van der Waals surface area contributed by atoms with Gasteiger partial charge in [-0.15, -0.1) is 0 Å². The van der Waals surface area contributed by atoms with E-state index in [-0.39, 0.29) is 11.9 Å². The third kappa shape index (κ3) is 3.93. The van der Waals surface area contributed by atoms with Crippen molar-refractivity contribution < 1.29 is 4.79 Å². The minimum absolute atomic E-state index is 0.0726. The summed E-state index contributed by atoms with van der Waals surface area (Å²) in [7, 11) is 0. The number of carbonyl (C=O) groups is 1. The number of benzene rings is 1. The number of amides is 1. The topological polar surface area (TPSA) is 46.9 Å². The Bertz CT molecular complexity index is 738. The lowest BCUT2D eigenvalue weighted by atomic mass is 10.1. The molecule has 0 atom stereocenters. The molecule has 0 saturated carbocycles. The van der Waals surface area contributed by atoms with Gasteiger partial charge in [0, 0.05) is 6.04 Å². The first-order valence-corrected chi connectivity index (χ1v) is 9.01. The molecular formula is C18H23Cl2N3O. The predicted octanol–water partition coefficient (Wildman–Crippen LogP) is 4.83. The van der Waals surface area contributed by atoms with Gasteiger partial charge in [-0.1, -0.05) is 43.5 Å².